The third kappa shape index (κ3) is 3.31. The average molecular weight is 354 g/mol. The minimum atomic E-state index is -3.43. The summed E-state index contributed by atoms with van der Waals surface area (Å²) in [6, 6.07) is 1.69. The number of hydrogen-bond donors (Lipinski definition) is 1. The number of aryl methyl sites for hydroxylation is 1. The van der Waals surface area contributed by atoms with Gasteiger partial charge in [0.1, 0.15) is 4.21 Å². The van der Waals surface area contributed by atoms with Crippen LogP contribution in [0.25, 0.3) is 0 Å². The van der Waals surface area contributed by atoms with Crippen LogP contribution in [-0.4, -0.2) is 51.6 Å². The molecule has 1 saturated heterocycles. The van der Waals surface area contributed by atoms with Crippen molar-refractivity contribution in [1.29, 1.82) is 0 Å². The third-order valence-electron chi connectivity index (χ3n) is 2.85. The topological polar surface area (TPSA) is 52.7 Å². The lowest BCUT2D eigenvalue weighted by Gasteiger charge is -2.31. The molecule has 0 unspecified atom stereocenters. The van der Waals surface area contributed by atoms with Gasteiger partial charge < -0.3 is 4.90 Å². The zero-order valence-electron chi connectivity index (χ0n) is 10.3. The van der Waals surface area contributed by atoms with Gasteiger partial charge >= 0.3 is 0 Å². The first-order valence-electron chi connectivity index (χ1n) is 5.60. The van der Waals surface area contributed by atoms with Crippen molar-refractivity contribution in [3.8, 4) is 0 Å². The highest BCUT2D eigenvalue weighted by Crippen LogP contribution is 2.30. The van der Waals surface area contributed by atoms with E-state index in [0.717, 1.165) is 22.4 Å². The predicted octanol–water partition coefficient (Wildman–Crippen LogP) is 1.26. The van der Waals surface area contributed by atoms with Gasteiger partial charge in [-0.25, -0.2) is 13.4 Å². The fourth-order valence-electron chi connectivity index (χ4n) is 1.68. The van der Waals surface area contributed by atoms with Gasteiger partial charge in [-0.3, -0.25) is 0 Å². The van der Waals surface area contributed by atoms with Crippen molar-refractivity contribution < 1.29 is 8.42 Å². The van der Waals surface area contributed by atoms with Crippen LogP contribution in [0.2, 0.25) is 0 Å². The molecule has 102 valence electrons. The summed E-state index contributed by atoms with van der Waals surface area (Å²) in [7, 11) is -1.40. The molecule has 18 heavy (non-hydrogen) atoms. The molecule has 0 aliphatic carbocycles. The Morgan fingerprint density at radius 2 is 1.94 bits per heavy atom. The van der Waals surface area contributed by atoms with Crippen molar-refractivity contribution in [2.24, 2.45) is 0 Å². The highest BCUT2D eigenvalue weighted by Gasteiger charge is 2.23. The van der Waals surface area contributed by atoms with E-state index in [0.29, 0.717) is 17.3 Å². The van der Waals surface area contributed by atoms with Crippen LogP contribution in [0, 0.1) is 6.92 Å². The fraction of sp³-hybridized carbons (Fsp3) is 0.600. The standard InChI is InChI=1S/C10H16BrN3O2S2/c1-8-7-9(17-10(8)11)18(15,16)12-14-5-3-13(2)4-6-14/h7,12H,3-6H2,1-2H3. The molecule has 1 aromatic rings. The van der Waals surface area contributed by atoms with E-state index in [4.69, 9.17) is 0 Å². The summed E-state index contributed by atoms with van der Waals surface area (Å²) < 4.78 is 25.6. The lowest BCUT2D eigenvalue weighted by molar-refractivity contribution is 0.135. The quantitative estimate of drug-likeness (QED) is 0.888. The number of thiophene rings is 1. The van der Waals surface area contributed by atoms with Gasteiger partial charge in [-0.2, -0.15) is 0 Å². The van der Waals surface area contributed by atoms with Crippen LogP contribution < -0.4 is 4.83 Å². The summed E-state index contributed by atoms with van der Waals surface area (Å²) >= 11 is 4.59. The molecule has 0 amide bonds. The molecule has 2 heterocycles. The maximum Gasteiger partial charge on any atom is 0.262 e. The van der Waals surface area contributed by atoms with Crippen molar-refractivity contribution in [2.45, 2.75) is 11.1 Å². The number of sulfonamides is 1. The number of likely N-dealkylation sites (N-methyl/N-ethyl adjacent to an activating group) is 1. The molecule has 0 aromatic carbocycles. The van der Waals surface area contributed by atoms with E-state index in [-0.39, 0.29) is 0 Å². The van der Waals surface area contributed by atoms with Crippen LogP contribution in [0.15, 0.2) is 14.1 Å². The molecule has 1 N–H and O–H groups in total. The summed E-state index contributed by atoms with van der Waals surface area (Å²) in [5.74, 6) is 0. The van der Waals surface area contributed by atoms with Gasteiger partial charge in [0.15, 0.2) is 0 Å². The molecule has 0 bridgehead atoms. The van der Waals surface area contributed by atoms with Gasteiger partial charge in [-0.15, -0.1) is 16.2 Å². The van der Waals surface area contributed by atoms with Gasteiger partial charge in [0.2, 0.25) is 0 Å². The first kappa shape index (κ1) is 14.4. The van der Waals surface area contributed by atoms with Gasteiger partial charge in [0.05, 0.1) is 3.79 Å². The minimum Gasteiger partial charge on any atom is -0.304 e. The number of hydrazine groups is 1. The van der Waals surface area contributed by atoms with Crippen molar-refractivity contribution in [2.75, 3.05) is 33.2 Å². The van der Waals surface area contributed by atoms with E-state index in [9.17, 15) is 8.42 Å². The molecular weight excluding hydrogens is 338 g/mol. The highest BCUT2D eigenvalue weighted by molar-refractivity contribution is 9.11. The summed E-state index contributed by atoms with van der Waals surface area (Å²) in [6.45, 7) is 5.04. The van der Waals surface area contributed by atoms with Crippen LogP contribution in [0.5, 0.6) is 0 Å². The molecule has 1 aromatic heterocycles. The van der Waals surface area contributed by atoms with E-state index >= 15 is 0 Å². The predicted molar refractivity (Wildman–Crippen MR) is 76.1 cm³/mol. The number of piperazine rings is 1. The van der Waals surface area contributed by atoms with Gasteiger partial charge in [-0.05, 0) is 41.5 Å². The summed E-state index contributed by atoms with van der Waals surface area (Å²) in [6.07, 6.45) is 0. The van der Waals surface area contributed by atoms with E-state index in [1.807, 2.05) is 14.0 Å². The molecule has 2 rings (SSSR count). The Labute approximate surface area is 120 Å². The second-order valence-electron chi connectivity index (χ2n) is 4.41. The summed E-state index contributed by atoms with van der Waals surface area (Å²) in [5.41, 5.74) is 0.943. The lowest BCUT2D eigenvalue weighted by atomic mass is 10.4. The van der Waals surface area contributed by atoms with E-state index < -0.39 is 10.0 Å². The molecule has 0 spiro atoms. The maximum atomic E-state index is 12.2. The van der Waals surface area contributed by atoms with Crippen LogP contribution >= 0.6 is 27.3 Å². The van der Waals surface area contributed by atoms with E-state index in [1.54, 1.807) is 11.1 Å². The van der Waals surface area contributed by atoms with E-state index in [2.05, 4.69) is 25.7 Å². The highest BCUT2D eigenvalue weighted by atomic mass is 79.9. The zero-order chi connectivity index (χ0) is 13.3. The second-order valence-corrected chi connectivity index (χ2v) is 8.66. The molecule has 1 aliphatic heterocycles. The van der Waals surface area contributed by atoms with Gasteiger partial charge in [0, 0.05) is 26.2 Å². The fourth-order valence-corrected chi connectivity index (χ4v) is 5.01. The van der Waals surface area contributed by atoms with Crippen molar-refractivity contribution in [1.82, 2.24) is 14.7 Å². The average Bonchev–Trinajstić information content (AvgIpc) is 2.63. The minimum absolute atomic E-state index is 0.353. The first-order chi connectivity index (χ1) is 8.38. The molecule has 5 nitrogen and oxygen atoms in total. The van der Waals surface area contributed by atoms with Crippen LogP contribution in [0.4, 0.5) is 0 Å². The normalized spacial score (nSPS) is 19.3. The van der Waals surface area contributed by atoms with Crippen LogP contribution in [0.1, 0.15) is 5.56 Å². The smallest absolute Gasteiger partial charge is 0.262 e. The number of hydrogen-bond acceptors (Lipinski definition) is 5. The largest absolute Gasteiger partial charge is 0.304 e. The molecular formula is C10H16BrN3O2S2. The maximum absolute atomic E-state index is 12.2. The molecule has 0 radical (unpaired) electrons. The Bertz CT molecular complexity index is 502. The SMILES string of the molecule is Cc1cc(S(=O)(=O)NN2CCN(C)CC2)sc1Br. The Hall–Kier alpha value is 0.01000. The first-order valence-corrected chi connectivity index (χ1v) is 8.69. The molecule has 1 fully saturated rings. The number of rotatable bonds is 3. The van der Waals surface area contributed by atoms with Crippen molar-refractivity contribution >= 4 is 37.3 Å². The monoisotopic (exact) mass is 353 g/mol. The Morgan fingerprint density at radius 1 is 1.33 bits per heavy atom. The summed E-state index contributed by atoms with van der Waals surface area (Å²) in [4.78, 5) is 4.82. The second kappa shape index (κ2) is 5.56. The summed E-state index contributed by atoms with van der Waals surface area (Å²) in [5, 5.41) is 1.76. The van der Waals surface area contributed by atoms with Crippen molar-refractivity contribution in [3.05, 3.63) is 15.4 Å². The molecule has 0 atom stereocenters. The van der Waals surface area contributed by atoms with Crippen LogP contribution in [-0.2, 0) is 10.0 Å². The Kier molecular flexibility index (Phi) is 4.45. The number of nitrogens with zero attached hydrogens (tertiary/aromatic N) is 2. The van der Waals surface area contributed by atoms with Crippen molar-refractivity contribution in [3.63, 3.8) is 0 Å². The van der Waals surface area contributed by atoms with E-state index in [1.165, 1.54) is 11.3 Å². The Morgan fingerprint density at radius 3 is 2.44 bits per heavy atom. The third-order valence-corrected chi connectivity index (χ3v) is 6.84. The number of nitrogens with one attached hydrogen (secondary N) is 1. The molecule has 8 heteroatoms. The van der Waals surface area contributed by atoms with Crippen LogP contribution in [0.3, 0.4) is 0 Å². The molecule has 0 saturated carbocycles. The van der Waals surface area contributed by atoms with Gasteiger partial charge in [-0.1, -0.05) is 0 Å². The molecule has 1 aliphatic rings. The zero-order valence-corrected chi connectivity index (χ0v) is 13.5. The number of halogens is 1. The van der Waals surface area contributed by atoms with Gasteiger partial charge in [0.25, 0.3) is 10.0 Å². The Balaban J connectivity index is 2.08. The lowest BCUT2D eigenvalue weighted by Crippen LogP contribution is -2.52.